The molecule has 0 bridgehead atoms. The number of carbonyl (C=O) groups is 1. The van der Waals surface area contributed by atoms with Crippen molar-refractivity contribution in [1.82, 2.24) is 4.90 Å². The Kier molecular flexibility index (Phi) is 4.22. The van der Waals surface area contributed by atoms with Crippen LogP contribution in [0.4, 0.5) is 4.39 Å². The monoisotopic (exact) mass is 354 g/mol. The normalized spacial score (nSPS) is 14.7. The molecule has 1 saturated carbocycles. The maximum Gasteiger partial charge on any atom is 0.255 e. The van der Waals surface area contributed by atoms with Gasteiger partial charge in [-0.2, -0.15) is 0 Å². The van der Waals surface area contributed by atoms with Gasteiger partial charge in [-0.25, -0.2) is 17.9 Å². The number of primary sulfonamides is 1. The third-order valence-corrected chi connectivity index (χ3v) is 6.00. The lowest BCUT2D eigenvalue weighted by Crippen LogP contribution is -2.32. The molecule has 1 aromatic heterocycles. The Labute approximate surface area is 137 Å². The van der Waals surface area contributed by atoms with Crippen LogP contribution in [0.2, 0.25) is 0 Å². The maximum absolute atomic E-state index is 13.0. The molecule has 0 saturated heterocycles. The minimum atomic E-state index is -3.80. The summed E-state index contributed by atoms with van der Waals surface area (Å²) in [6, 6.07) is 7.44. The van der Waals surface area contributed by atoms with Crippen LogP contribution in [-0.2, 0) is 16.6 Å². The molecule has 1 aliphatic carbocycles. The van der Waals surface area contributed by atoms with Crippen LogP contribution in [0, 0.1) is 5.82 Å². The highest BCUT2D eigenvalue weighted by atomic mass is 32.2. The van der Waals surface area contributed by atoms with E-state index >= 15 is 0 Å². The van der Waals surface area contributed by atoms with Crippen LogP contribution < -0.4 is 5.14 Å². The number of halogens is 1. The highest BCUT2D eigenvalue weighted by Crippen LogP contribution is 2.31. The molecule has 0 unspecified atom stereocenters. The van der Waals surface area contributed by atoms with E-state index in [4.69, 9.17) is 5.14 Å². The van der Waals surface area contributed by atoms with Crippen LogP contribution in [0.5, 0.6) is 0 Å². The number of rotatable bonds is 5. The lowest BCUT2D eigenvalue weighted by Gasteiger charge is -2.22. The largest absolute Gasteiger partial charge is 0.331 e. The standard InChI is InChI=1S/C15H15FN2O3S2/c16-12-3-1-10(2-4-12)8-18(13-5-6-13)15(19)11-7-14(22-9-11)23(17,20)21/h1-4,7,9,13H,5-6,8H2,(H2,17,20,21). The summed E-state index contributed by atoms with van der Waals surface area (Å²) in [6.07, 6.45) is 1.83. The van der Waals surface area contributed by atoms with E-state index in [-0.39, 0.29) is 22.0 Å². The van der Waals surface area contributed by atoms with E-state index in [0.717, 1.165) is 29.7 Å². The number of benzene rings is 1. The summed E-state index contributed by atoms with van der Waals surface area (Å²) in [5, 5.41) is 6.58. The van der Waals surface area contributed by atoms with Crippen molar-refractivity contribution in [2.45, 2.75) is 29.6 Å². The molecule has 2 aromatic rings. The van der Waals surface area contributed by atoms with Crippen molar-refractivity contribution in [2.75, 3.05) is 0 Å². The van der Waals surface area contributed by atoms with E-state index < -0.39 is 10.0 Å². The lowest BCUT2D eigenvalue weighted by molar-refractivity contribution is 0.0730. The fourth-order valence-electron chi connectivity index (χ4n) is 2.28. The first-order chi connectivity index (χ1) is 10.8. The van der Waals surface area contributed by atoms with Crippen LogP contribution in [0.25, 0.3) is 0 Å². The Morgan fingerprint density at radius 3 is 2.48 bits per heavy atom. The van der Waals surface area contributed by atoms with Gasteiger partial charge in [-0.05, 0) is 36.6 Å². The Bertz CT molecular complexity index is 827. The molecule has 0 radical (unpaired) electrons. The van der Waals surface area contributed by atoms with Crippen molar-refractivity contribution in [1.29, 1.82) is 0 Å². The molecule has 8 heteroatoms. The molecule has 1 heterocycles. The number of amides is 1. The Morgan fingerprint density at radius 2 is 1.96 bits per heavy atom. The molecule has 1 amide bonds. The fourth-order valence-corrected chi connectivity index (χ4v) is 3.86. The topological polar surface area (TPSA) is 80.5 Å². The number of nitrogens with zero attached hydrogens (tertiary/aromatic N) is 1. The van der Waals surface area contributed by atoms with E-state index in [9.17, 15) is 17.6 Å². The molecule has 1 aliphatic rings. The Morgan fingerprint density at radius 1 is 1.30 bits per heavy atom. The second kappa shape index (κ2) is 6.03. The van der Waals surface area contributed by atoms with E-state index in [1.54, 1.807) is 17.0 Å². The number of hydrogen-bond acceptors (Lipinski definition) is 4. The molecule has 122 valence electrons. The van der Waals surface area contributed by atoms with Crippen molar-refractivity contribution in [3.05, 3.63) is 52.7 Å². The van der Waals surface area contributed by atoms with Gasteiger partial charge in [0.05, 0.1) is 5.56 Å². The van der Waals surface area contributed by atoms with Crippen molar-refractivity contribution in [2.24, 2.45) is 5.14 Å². The molecular formula is C15H15FN2O3S2. The molecule has 3 rings (SSSR count). The van der Waals surface area contributed by atoms with Gasteiger partial charge in [-0.1, -0.05) is 12.1 Å². The van der Waals surface area contributed by atoms with Gasteiger partial charge in [0.25, 0.3) is 5.91 Å². The summed E-state index contributed by atoms with van der Waals surface area (Å²) in [5.41, 5.74) is 1.14. The second-order valence-corrected chi connectivity index (χ2v) is 8.19. The zero-order chi connectivity index (χ0) is 16.6. The molecule has 1 aromatic carbocycles. The lowest BCUT2D eigenvalue weighted by atomic mass is 10.2. The first kappa shape index (κ1) is 16.1. The third kappa shape index (κ3) is 3.77. The first-order valence-electron chi connectivity index (χ1n) is 7.01. The van der Waals surface area contributed by atoms with Gasteiger partial charge in [0.2, 0.25) is 10.0 Å². The number of hydrogen-bond donors (Lipinski definition) is 1. The summed E-state index contributed by atoms with van der Waals surface area (Å²) in [5.74, 6) is -0.559. The Balaban J connectivity index is 1.82. The van der Waals surface area contributed by atoms with Crippen LogP contribution in [0.1, 0.15) is 28.8 Å². The van der Waals surface area contributed by atoms with Gasteiger partial charge < -0.3 is 4.90 Å². The number of nitrogens with two attached hydrogens (primary N) is 1. The highest BCUT2D eigenvalue weighted by Gasteiger charge is 2.33. The van der Waals surface area contributed by atoms with Crippen LogP contribution in [-0.4, -0.2) is 25.3 Å². The second-order valence-electron chi connectivity index (χ2n) is 5.49. The molecule has 5 nitrogen and oxygen atoms in total. The van der Waals surface area contributed by atoms with E-state index in [1.165, 1.54) is 23.6 Å². The number of carbonyl (C=O) groups excluding carboxylic acids is 1. The molecule has 23 heavy (non-hydrogen) atoms. The summed E-state index contributed by atoms with van der Waals surface area (Å²) < 4.78 is 35.6. The predicted octanol–water partition coefficient (Wildman–Crippen LogP) is 2.34. The van der Waals surface area contributed by atoms with E-state index in [0.29, 0.717) is 12.1 Å². The molecule has 0 spiro atoms. The smallest absolute Gasteiger partial charge is 0.255 e. The average molecular weight is 354 g/mol. The average Bonchev–Trinajstić information content (AvgIpc) is 3.20. The summed E-state index contributed by atoms with van der Waals surface area (Å²) in [6.45, 7) is 0.365. The molecule has 0 aliphatic heterocycles. The molecule has 0 atom stereocenters. The maximum atomic E-state index is 13.0. The van der Waals surface area contributed by atoms with Crippen LogP contribution >= 0.6 is 11.3 Å². The first-order valence-corrected chi connectivity index (χ1v) is 9.44. The zero-order valence-electron chi connectivity index (χ0n) is 12.1. The quantitative estimate of drug-likeness (QED) is 0.895. The van der Waals surface area contributed by atoms with Crippen LogP contribution in [0.3, 0.4) is 0 Å². The number of thiophene rings is 1. The van der Waals surface area contributed by atoms with E-state index in [2.05, 4.69) is 0 Å². The van der Waals surface area contributed by atoms with Crippen molar-refractivity contribution >= 4 is 27.3 Å². The minimum absolute atomic E-state index is 0.0293. The minimum Gasteiger partial charge on any atom is -0.331 e. The fraction of sp³-hybridized carbons (Fsp3) is 0.267. The van der Waals surface area contributed by atoms with Crippen molar-refractivity contribution in [3.8, 4) is 0 Å². The summed E-state index contributed by atoms with van der Waals surface area (Å²) in [7, 11) is -3.80. The van der Waals surface area contributed by atoms with Crippen LogP contribution in [0.15, 0.2) is 39.9 Å². The van der Waals surface area contributed by atoms with Gasteiger partial charge in [0, 0.05) is 18.0 Å². The highest BCUT2D eigenvalue weighted by molar-refractivity contribution is 7.91. The summed E-state index contributed by atoms with van der Waals surface area (Å²) >= 11 is 0.933. The molecular weight excluding hydrogens is 339 g/mol. The van der Waals surface area contributed by atoms with Crippen molar-refractivity contribution < 1.29 is 17.6 Å². The summed E-state index contributed by atoms with van der Waals surface area (Å²) in [4.78, 5) is 14.4. The van der Waals surface area contributed by atoms with Gasteiger partial charge >= 0.3 is 0 Å². The SMILES string of the molecule is NS(=O)(=O)c1cc(C(=O)N(Cc2ccc(F)cc2)C2CC2)cs1. The van der Waals surface area contributed by atoms with Gasteiger partial charge in [-0.3, -0.25) is 4.79 Å². The van der Waals surface area contributed by atoms with Gasteiger partial charge in [0.1, 0.15) is 10.0 Å². The van der Waals surface area contributed by atoms with E-state index in [1.807, 2.05) is 0 Å². The predicted molar refractivity (Wildman–Crippen MR) is 85.0 cm³/mol. The number of sulfonamides is 1. The molecule has 2 N–H and O–H groups in total. The Hall–Kier alpha value is -1.77. The van der Waals surface area contributed by atoms with Crippen molar-refractivity contribution in [3.63, 3.8) is 0 Å². The van der Waals surface area contributed by atoms with Gasteiger partial charge in [0.15, 0.2) is 0 Å². The third-order valence-electron chi connectivity index (χ3n) is 3.62. The zero-order valence-corrected chi connectivity index (χ0v) is 13.7. The van der Waals surface area contributed by atoms with Gasteiger partial charge in [-0.15, -0.1) is 11.3 Å². The molecule has 1 fully saturated rings.